The van der Waals surface area contributed by atoms with Crippen LogP contribution in [0.3, 0.4) is 0 Å². The number of pyridine rings is 1. The third-order valence-electron chi connectivity index (χ3n) is 3.74. The van der Waals surface area contributed by atoms with Gasteiger partial charge in [0.1, 0.15) is 17.2 Å². The first-order chi connectivity index (χ1) is 15.2. The van der Waals surface area contributed by atoms with Crippen LogP contribution in [0.25, 0.3) is 11.0 Å². The highest BCUT2D eigenvalue weighted by Crippen LogP contribution is 2.36. The van der Waals surface area contributed by atoms with Gasteiger partial charge < -0.3 is 26.5 Å². The zero-order valence-corrected chi connectivity index (χ0v) is 18.3. The Morgan fingerprint density at radius 3 is 2.50 bits per heavy atom. The summed E-state index contributed by atoms with van der Waals surface area (Å²) < 4.78 is 34.4. The molecule has 0 fully saturated rings. The van der Waals surface area contributed by atoms with Crippen molar-refractivity contribution < 1.29 is 18.3 Å². The number of halogens is 3. The number of urea groups is 1. The summed E-state index contributed by atoms with van der Waals surface area (Å²) in [7, 11) is 0. The van der Waals surface area contributed by atoms with Crippen LogP contribution in [0, 0.1) is 11.6 Å². The molecule has 8 nitrogen and oxygen atoms in total. The van der Waals surface area contributed by atoms with E-state index in [-0.39, 0.29) is 22.3 Å². The summed E-state index contributed by atoms with van der Waals surface area (Å²) in [6.07, 6.45) is 5.73. The predicted molar refractivity (Wildman–Crippen MR) is 121 cm³/mol. The molecular weight excluding hydrogens is 442 g/mol. The maximum Gasteiger partial charge on any atom is 0.324 e. The SMILES string of the molecule is C/C(N)=C/C=C(\N)NC(=O)Nc1cc(F)c(Oc2ccnc3[nH]cc(Cl)c23)c(F)c1.CC. The molecule has 0 aliphatic carbocycles. The van der Waals surface area contributed by atoms with Gasteiger partial charge in [0, 0.05) is 35.9 Å². The highest BCUT2D eigenvalue weighted by Gasteiger charge is 2.18. The Morgan fingerprint density at radius 1 is 1.22 bits per heavy atom. The number of aromatic nitrogens is 2. The molecule has 1 aromatic carbocycles. The number of aromatic amines is 1. The molecule has 2 amide bonds. The molecule has 0 radical (unpaired) electrons. The minimum absolute atomic E-state index is 0.0108. The zero-order valence-electron chi connectivity index (χ0n) is 17.6. The first-order valence-electron chi connectivity index (χ1n) is 9.50. The standard InChI is InChI=1S/C19H17ClF2N6O2.C2H6/c1-9(23)2-3-15(24)28-19(29)27-10-6-12(21)17(13(22)7-10)30-14-4-5-25-18-16(14)11(20)8-26-18;1-2/h2-8H,23-24H2,1H3,(H,25,26)(H2,27,28,29);1-2H3/b9-2-,15-3+;. The number of H-pyrrole nitrogens is 1. The van der Waals surface area contributed by atoms with Gasteiger partial charge in [0.05, 0.1) is 10.4 Å². The monoisotopic (exact) mass is 464 g/mol. The van der Waals surface area contributed by atoms with E-state index in [2.05, 4.69) is 20.6 Å². The summed E-state index contributed by atoms with van der Waals surface area (Å²) in [4.78, 5) is 18.8. The van der Waals surface area contributed by atoms with Crippen molar-refractivity contribution in [2.24, 2.45) is 11.5 Å². The van der Waals surface area contributed by atoms with Crippen LogP contribution in [0.2, 0.25) is 5.02 Å². The quantitative estimate of drug-likeness (QED) is 0.335. The van der Waals surface area contributed by atoms with E-state index in [0.29, 0.717) is 16.7 Å². The molecular formula is C21H23ClF2N6O2. The first-order valence-corrected chi connectivity index (χ1v) is 9.88. The number of anilines is 1. The van der Waals surface area contributed by atoms with E-state index in [0.717, 1.165) is 12.1 Å². The lowest BCUT2D eigenvalue weighted by Crippen LogP contribution is -2.31. The smallest absolute Gasteiger partial charge is 0.324 e. The van der Waals surface area contributed by atoms with Crippen molar-refractivity contribution >= 4 is 34.4 Å². The average molecular weight is 465 g/mol. The number of ether oxygens (including phenoxy) is 1. The van der Waals surface area contributed by atoms with E-state index >= 15 is 0 Å². The van der Waals surface area contributed by atoms with Crippen LogP contribution in [0.1, 0.15) is 20.8 Å². The second kappa shape index (κ2) is 11.0. The molecule has 2 aromatic heterocycles. The van der Waals surface area contributed by atoms with E-state index in [4.69, 9.17) is 27.8 Å². The zero-order chi connectivity index (χ0) is 23.8. The summed E-state index contributed by atoms with van der Waals surface area (Å²) in [5, 5.41) is 5.23. The first kappa shape index (κ1) is 24.5. The maximum atomic E-state index is 14.5. The van der Waals surface area contributed by atoms with E-state index < -0.39 is 23.4 Å². The Kier molecular flexibility index (Phi) is 8.42. The summed E-state index contributed by atoms with van der Waals surface area (Å²) in [6.45, 7) is 5.64. The fourth-order valence-corrected chi connectivity index (χ4v) is 2.71. The lowest BCUT2D eigenvalue weighted by molar-refractivity contribution is 0.254. The summed E-state index contributed by atoms with van der Waals surface area (Å²) in [6, 6.07) is 2.43. The third-order valence-corrected chi connectivity index (χ3v) is 4.04. The second-order valence-electron chi connectivity index (χ2n) is 6.15. The van der Waals surface area contributed by atoms with Crippen molar-refractivity contribution in [2.45, 2.75) is 20.8 Å². The molecule has 2 heterocycles. The number of fused-ring (bicyclic) bond motifs is 1. The lowest BCUT2D eigenvalue weighted by Gasteiger charge is -2.12. The van der Waals surface area contributed by atoms with Gasteiger partial charge in [-0.2, -0.15) is 0 Å². The number of carbonyl (C=O) groups excluding carboxylic acids is 1. The summed E-state index contributed by atoms with van der Waals surface area (Å²) in [5.74, 6) is -2.63. The number of amides is 2. The van der Waals surface area contributed by atoms with Crippen LogP contribution in [0.15, 0.2) is 54.3 Å². The topological polar surface area (TPSA) is 131 Å². The van der Waals surface area contributed by atoms with Crippen LogP contribution in [0.4, 0.5) is 19.3 Å². The Bertz CT molecular complexity index is 1150. The van der Waals surface area contributed by atoms with E-state index in [1.165, 1.54) is 30.6 Å². The van der Waals surface area contributed by atoms with Gasteiger partial charge in [0.15, 0.2) is 17.4 Å². The van der Waals surface area contributed by atoms with Crippen LogP contribution in [-0.2, 0) is 0 Å². The van der Waals surface area contributed by atoms with E-state index in [1.807, 2.05) is 13.8 Å². The summed E-state index contributed by atoms with van der Waals surface area (Å²) in [5.41, 5.74) is 11.8. The molecule has 0 saturated heterocycles. The lowest BCUT2D eigenvalue weighted by atomic mass is 10.2. The Morgan fingerprint density at radius 2 is 1.88 bits per heavy atom. The predicted octanol–water partition coefficient (Wildman–Crippen LogP) is 5.10. The maximum absolute atomic E-state index is 14.5. The fourth-order valence-electron chi connectivity index (χ4n) is 2.47. The van der Waals surface area contributed by atoms with Gasteiger partial charge in [-0.15, -0.1) is 0 Å². The molecule has 0 aliphatic rings. The van der Waals surface area contributed by atoms with E-state index in [9.17, 15) is 13.6 Å². The van der Waals surface area contributed by atoms with Crippen molar-refractivity contribution in [2.75, 3.05) is 5.32 Å². The van der Waals surface area contributed by atoms with Crippen molar-refractivity contribution in [3.63, 3.8) is 0 Å². The number of nitrogens with one attached hydrogen (secondary N) is 3. The highest BCUT2D eigenvalue weighted by molar-refractivity contribution is 6.36. The Balaban J connectivity index is 0.00000176. The molecule has 0 spiro atoms. The van der Waals surface area contributed by atoms with Crippen LogP contribution < -0.4 is 26.8 Å². The number of carbonyl (C=O) groups is 1. The van der Waals surface area contributed by atoms with Crippen LogP contribution in [-0.4, -0.2) is 16.0 Å². The minimum Gasteiger partial charge on any atom is -0.450 e. The van der Waals surface area contributed by atoms with Gasteiger partial charge in [-0.1, -0.05) is 25.4 Å². The second-order valence-corrected chi connectivity index (χ2v) is 6.56. The number of hydrogen-bond donors (Lipinski definition) is 5. The number of rotatable bonds is 5. The van der Waals surface area contributed by atoms with Gasteiger partial charge in [-0.25, -0.2) is 18.6 Å². The van der Waals surface area contributed by atoms with Crippen molar-refractivity contribution in [1.82, 2.24) is 15.3 Å². The fraction of sp³-hybridized carbons (Fsp3) is 0.143. The van der Waals surface area contributed by atoms with Crippen LogP contribution >= 0.6 is 11.6 Å². The molecule has 3 rings (SSSR count). The number of benzene rings is 1. The Labute approximate surface area is 188 Å². The third kappa shape index (κ3) is 6.11. The molecule has 7 N–H and O–H groups in total. The molecule has 32 heavy (non-hydrogen) atoms. The normalized spacial score (nSPS) is 11.6. The van der Waals surface area contributed by atoms with Crippen molar-refractivity contribution in [1.29, 1.82) is 0 Å². The molecule has 11 heteroatoms. The number of nitrogens with zero attached hydrogens (tertiary/aromatic N) is 1. The molecule has 0 saturated carbocycles. The van der Waals surface area contributed by atoms with Gasteiger partial charge in [-0.3, -0.25) is 5.32 Å². The van der Waals surface area contributed by atoms with Gasteiger partial charge in [0.25, 0.3) is 0 Å². The van der Waals surface area contributed by atoms with E-state index in [1.54, 1.807) is 6.92 Å². The Hall–Kier alpha value is -3.79. The number of allylic oxidation sites excluding steroid dienone is 3. The molecule has 0 unspecified atom stereocenters. The van der Waals surface area contributed by atoms with Crippen LogP contribution in [0.5, 0.6) is 11.5 Å². The summed E-state index contributed by atoms with van der Waals surface area (Å²) >= 11 is 6.07. The highest BCUT2D eigenvalue weighted by atomic mass is 35.5. The van der Waals surface area contributed by atoms with Crippen molar-refractivity contribution in [3.05, 3.63) is 70.9 Å². The van der Waals surface area contributed by atoms with Crippen molar-refractivity contribution in [3.8, 4) is 11.5 Å². The van der Waals surface area contributed by atoms with Gasteiger partial charge >= 0.3 is 6.03 Å². The largest absolute Gasteiger partial charge is 0.450 e. The minimum atomic E-state index is -1.04. The molecule has 170 valence electrons. The number of hydrogen-bond acceptors (Lipinski definition) is 5. The molecule has 0 bridgehead atoms. The number of nitrogens with two attached hydrogens (primary N) is 2. The van der Waals surface area contributed by atoms with Gasteiger partial charge in [-0.05, 0) is 25.1 Å². The molecule has 3 aromatic rings. The average Bonchev–Trinajstić information content (AvgIpc) is 3.12. The molecule has 0 atom stereocenters. The molecule has 0 aliphatic heterocycles. The van der Waals surface area contributed by atoms with Gasteiger partial charge in [0.2, 0.25) is 0 Å².